The number of hydrogen-bond donors (Lipinski definition) is 3. The van der Waals surface area contributed by atoms with Crippen LogP contribution in [0, 0.1) is 6.92 Å². The molecule has 0 saturated heterocycles. The van der Waals surface area contributed by atoms with Crippen LogP contribution in [0.5, 0.6) is 0 Å². The molecule has 1 amide bonds. The molecule has 138 valence electrons. The second-order valence-corrected chi connectivity index (χ2v) is 6.20. The fraction of sp³-hybridized carbons (Fsp3) is 0.190. The van der Waals surface area contributed by atoms with Crippen LogP contribution < -0.4 is 16.0 Å². The Morgan fingerprint density at radius 2 is 1.56 bits per heavy atom. The highest BCUT2D eigenvalue weighted by Crippen LogP contribution is 2.23. The van der Waals surface area contributed by atoms with E-state index in [1.54, 1.807) is 0 Å². The van der Waals surface area contributed by atoms with Gasteiger partial charge in [-0.3, -0.25) is 4.79 Å². The third kappa shape index (κ3) is 5.04. The Morgan fingerprint density at radius 1 is 0.926 bits per heavy atom. The summed E-state index contributed by atoms with van der Waals surface area (Å²) in [5.74, 6) is 2.02. The molecule has 0 aliphatic heterocycles. The van der Waals surface area contributed by atoms with E-state index in [0.29, 0.717) is 11.6 Å². The van der Waals surface area contributed by atoms with Gasteiger partial charge in [-0.25, -0.2) is 9.97 Å². The molecule has 3 rings (SSSR count). The summed E-state index contributed by atoms with van der Waals surface area (Å²) in [5.41, 5.74) is 3.91. The quantitative estimate of drug-likeness (QED) is 0.588. The predicted molar refractivity (Wildman–Crippen MR) is 110 cm³/mol. The largest absolute Gasteiger partial charge is 0.340 e. The lowest BCUT2D eigenvalue weighted by atomic mass is 10.1. The van der Waals surface area contributed by atoms with Crippen molar-refractivity contribution in [2.75, 3.05) is 16.0 Å². The van der Waals surface area contributed by atoms with E-state index in [4.69, 9.17) is 0 Å². The molecule has 27 heavy (non-hydrogen) atoms. The van der Waals surface area contributed by atoms with Gasteiger partial charge in [0.25, 0.3) is 0 Å². The van der Waals surface area contributed by atoms with E-state index in [1.807, 2.05) is 55.5 Å². The van der Waals surface area contributed by atoms with Crippen molar-refractivity contribution in [3.05, 3.63) is 66.0 Å². The molecule has 1 aromatic heterocycles. The van der Waals surface area contributed by atoms with Crippen LogP contribution in [0.25, 0.3) is 0 Å². The molecule has 0 aliphatic carbocycles. The van der Waals surface area contributed by atoms with E-state index >= 15 is 0 Å². The summed E-state index contributed by atoms with van der Waals surface area (Å²) in [7, 11) is 0. The van der Waals surface area contributed by atoms with E-state index in [9.17, 15) is 4.79 Å². The third-order valence-corrected chi connectivity index (χ3v) is 3.98. The molecular formula is C21H23N5O. The maximum atomic E-state index is 11.1. The highest BCUT2D eigenvalue weighted by atomic mass is 16.1. The number of aromatic nitrogens is 2. The molecule has 0 radical (unpaired) electrons. The summed E-state index contributed by atoms with van der Waals surface area (Å²) in [4.78, 5) is 20.0. The zero-order valence-electron chi connectivity index (χ0n) is 15.7. The lowest BCUT2D eigenvalue weighted by Crippen LogP contribution is -2.05. The van der Waals surface area contributed by atoms with Gasteiger partial charge in [-0.05, 0) is 49.2 Å². The molecule has 0 bridgehead atoms. The van der Waals surface area contributed by atoms with E-state index in [-0.39, 0.29) is 5.91 Å². The molecule has 1 heterocycles. The van der Waals surface area contributed by atoms with Gasteiger partial charge in [0, 0.05) is 30.1 Å². The number of anilines is 5. The molecule has 0 spiro atoms. The van der Waals surface area contributed by atoms with Gasteiger partial charge in [0.05, 0.1) is 0 Å². The lowest BCUT2D eigenvalue weighted by molar-refractivity contribution is -0.114. The number of amides is 1. The minimum atomic E-state index is -0.0924. The molecular weight excluding hydrogens is 338 g/mol. The van der Waals surface area contributed by atoms with Gasteiger partial charge in [0.2, 0.25) is 5.91 Å². The van der Waals surface area contributed by atoms with Crippen molar-refractivity contribution in [3.8, 4) is 0 Å². The monoisotopic (exact) mass is 361 g/mol. The lowest BCUT2D eigenvalue weighted by Gasteiger charge is -2.13. The Hall–Kier alpha value is -3.41. The Kier molecular flexibility index (Phi) is 5.66. The Morgan fingerprint density at radius 3 is 2.22 bits per heavy atom. The number of aryl methyl sites for hydroxylation is 2. The van der Waals surface area contributed by atoms with Crippen LogP contribution in [-0.2, 0) is 11.2 Å². The summed E-state index contributed by atoms with van der Waals surface area (Å²) in [6, 6.07) is 17.5. The Bertz CT molecular complexity index is 938. The first kappa shape index (κ1) is 18.4. The smallest absolute Gasteiger partial charge is 0.221 e. The second-order valence-electron chi connectivity index (χ2n) is 6.20. The minimum Gasteiger partial charge on any atom is -0.340 e. The van der Waals surface area contributed by atoms with Gasteiger partial charge in [-0.1, -0.05) is 25.1 Å². The fourth-order valence-corrected chi connectivity index (χ4v) is 2.77. The van der Waals surface area contributed by atoms with Crippen LogP contribution in [0.15, 0.2) is 54.6 Å². The Labute approximate surface area is 159 Å². The molecule has 6 nitrogen and oxygen atoms in total. The molecule has 0 fully saturated rings. The van der Waals surface area contributed by atoms with Crippen molar-refractivity contribution in [2.24, 2.45) is 0 Å². The van der Waals surface area contributed by atoms with Crippen LogP contribution in [0.4, 0.5) is 28.7 Å². The number of nitrogens with zero attached hydrogens (tertiary/aromatic N) is 2. The number of nitrogens with one attached hydrogen (secondary N) is 3. The zero-order valence-corrected chi connectivity index (χ0v) is 15.7. The number of hydrogen-bond acceptors (Lipinski definition) is 5. The third-order valence-electron chi connectivity index (χ3n) is 3.98. The molecule has 3 aromatic rings. The average molecular weight is 361 g/mol. The topological polar surface area (TPSA) is 78.9 Å². The van der Waals surface area contributed by atoms with Crippen molar-refractivity contribution >= 4 is 34.6 Å². The van der Waals surface area contributed by atoms with E-state index in [2.05, 4.69) is 38.9 Å². The summed E-state index contributed by atoms with van der Waals surface area (Å²) in [6.07, 6.45) is 0.943. The van der Waals surface area contributed by atoms with Crippen LogP contribution in [-0.4, -0.2) is 15.9 Å². The van der Waals surface area contributed by atoms with E-state index in [1.165, 1.54) is 12.5 Å². The van der Waals surface area contributed by atoms with Crippen molar-refractivity contribution < 1.29 is 4.79 Å². The van der Waals surface area contributed by atoms with Crippen molar-refractivity contribution in [2.45, 2.75) is 27.2 Å². The first-order chi connectivity index (χ1) is 13.0. The molecule has 0 saturated carbocycles. The maximum absolute atomic E-state index is 11.1. The SMILES string of the molecule is CCc1ccccc1Nc1cc(Nc2ccc(NC(C)=O)cc2)nc(C)n1. The van der Waals surface area contributed by atoms with Gasteiger partial charge in [-0.2, -0.15) is 0 Å². The van der Waals surface area contributed by atoms with Crippen molar-refractivity contribution in [1.29, 1.82) is 0 Å². The first-order valence-corrected chi connectivity index (χ1v) is 8.89. The molecule has 6 heteroatoms. The number of carbonyl (C=O) groups is 1. The molecule has 3 N–H and O–H groups in total. The van der Waals surface area contributed by atoms with Crippen molar-refractivity contribution in [3.63, 3.8) is 0 Å². The number of benzene rings is 2. The summed E-state index contributed by atoms with van der Waals surface area (Å²) >= 11 is 0. The van der Waals surface area contributed by atoms with Gasteiger partial charge in [-0.15, -0.1) is 0 Å². The molecule has 0 aliphatic rings. The fourth-order valence-electron chi connectivity index (χ4n) is 2.77. The molecule has 0 atom stereocenters. The Balaban J connectivity index is 1.78. The minimum absolute atomic E-state index is 0.0924. The molecule has 0 unspecified atom stereocenters. The van der Waals surface area contributed by atoms with Gasteiger partial charge >= 0.3 is 0 Å². The predicted octanol–water partition coefficient (Wildman–Crippen LogP) is 4.79. The van der Waals surface area contributed by atoms with E-state index < -0.39 is 0 Å². The van der Waals surface area contributed by atoms with Gasteiger partial charge < -0.3 is 16.0 Å². The summed E-state index contributed by atoms with van der Waals surface area (Å²) in [5, 5.41) is 9.41. The second kappa shape index (κ2) is 8.31. The zero-order chi connectivity index (χ0) is 19.2. The summed E-state index contributed by atoms with van der Waals surface area (Å²) < 4.78 is 0. The highest BCUT2D eigenvalue weighted by Gasteiger charge is 2.06. The van der Waals surface area contributed by atoms with Crippen LogP contribution >= 0.6 is 0 Å². The van der Waals surface area contributed by atoms with E-state index in [0.717, 1.165) is 29.3 Å². The standard InChI is InChI=1S/C21H23N5O/c1-4-16-7-5-6-8-19(16)26-21-13-20(22-14(2)23-21)25-18-11-9-17(10-12-18)24-15(3)27/h5-13H,4H2,1-3H3,(H,24,27)(H2,22,23,25,26). The van der Waals surface area contributed by atoms with Gasteiger partial charge in [0.1, 0.15) is 17.5 Å². The number of rotatable bonds is 6. The van der Waals surface area contributed by atoms with Crippen LogP contribution in [0.3, 0.4) is 0 Å². The summed E-state index contributed by atoms with van der Waals surface area (Å²) in [6.45, 7) is 5.48. The average Bonchev–Trinajstić information content (AvgIpc) is 2.63. The highest BCUT2D eigenvalue weighted by molar-refractivity contribution is 5.88. The van der Waals surface area contributed by atoms with Gasteiger partial charge in [0.15, 0.2) is 0 Å². The van der Waals surface area contributed by atoms with Crippen LogP contribution in [0.1, 0.15) is 25.2 Å². The van der Waals surface area contributed by atoms with Crippen LogP contribution in [0.2, 0.25) is 0 Å². The number of carbonyl (C=O) groups excluding carboxylic acids is 1. The number of para-hydroxylation sites is 1. The normalized spacial score (nSPS) is 10.3. The molecule has 2 aromatic carbocycles. The van der Waals surface area contributed by atoms with Crippen molar-refractivity contribution in [1.82, 2.24) is 9.97 Å². The maximum Gasteiger partial charge on any atom is 0.221 e. The first-order valence-electron chi connectivity index (χ1n) is 8.89.